The SMILES string of the molecule is O=C(Nc1ccc(-c2nc3ccccc3s2)c(O)c1)c1ccc2c(c1)OCCO2. The highest BCUT2D eigenvalue weighted by Gasteiger charge is 2.16. The van der Waals surface area contributed by atoms with Crippen LogP contribution in [0.3, 0.4) is 0 Å². The van der Waals surface area contributed by atoms with E-state index in [4.69, 9.17) is 9.47 Å². The molecule has 0 fully saturated rings. The number of thiazole rings is 1. The zero-order chi connectivity index (χ0) is 19.8. The fraction of sp³-hybridized carbons (Fsp3) is 0.0909. The fourth-order valence-corrected chi connectivity index (χ4v) is 4.17. The molecule has 0 aliphatic carbocycles. The number of aromatic nitrogens is 1. The molecule has 1 aliphatic rings. The molecule has 5 rings (SSSR count). The summed E-state index contributed by atoms with van der Waals surface area (Å²) in [4.78, 5) is 17.2. The van der Waals surface area contributed by atoms with Crippen molar-refractivity contribution in [3.63, 3.8) is 0 Å². The van der Waals surface area contributed by atoms with Gasteiger partial charge in [-0.15, -0.1) is 11.3 Å². The van der Waals surface area contributed by atoms with Crippen LogP contribution in [0.25, 0.3) is 20.8 Å². The number of para-hydroxylation sites is 1. The second-order valence-electron chi connectivity index (χ2n) is 6.53. The molecule has 0 saturated heterocycles. The van der Waals surface area contributed by atoms with Gasteiger partial charge in [-0.1, -0.05) is 12.1 Å². The maximum absolute atomic E-state index is 12.6. The van der Waals surface area contributed by atoms with E-state index in [0.29, 0.717) is 41.5 Å². The largest absolute Gasteiger partial charge is 0.507 e. The van der Waals surface area contributed by atoms with Crippen LogP contribution in [0, 0.1) is 0 Å². The summed E-state index contributed by atoms with van der Waals surface area (Å²) in [6, 6.07) is 17.9. The van der Waals surface area contributed by atoms with Crippen molar-refractivity contribution in [2.45, 2.75) is 0 Å². The normalized spacial score (nSPS) is 12.7. The number of nitrogens with one attached hydrogen (secondary N) is 1. The van der Waals surface area contributed by atoms with Crippen LogP contribution >= 0.6 is 11.3 Å². The zero-order valence-corrected chi connectivity index (χ0v) is 16.0. The molecule has 4 aromatic rings. The number of benzene rings is 3. The Morgan fingerprint density at radius 3 is 2.66 bits per heavy atom. The Morgan fingerprint density at radius 1 is 1.00 bits per heavy atom. The van der Waals surface area contributed by atoms with Crippen molar-refractivity contribution in [1.82, 2.24) is 4.98 Å². The minimum atomic E-state index is -0.297. The first kappa shape index (κ1) is 17.5. The predicted molar refractivity (Wildman–Crippen MR) is 112 cm³/mol. The number of phenolic OH excluding ortho intramolecular Hbond substituents is 1. The van der Waals surface area contributed by atoms with Gasteiger partial charge < -0.3 is 19.9 Å². The first-order valence-corrected chi connectivity index (χ1v) is 9.89. The lowest BCUT2D eigenvalue weighted by Crippen LogP contribution is -2.17. The van der Waals surface area contributed by atoms with Crippen LogP contribution in [0.2, 0.25) is 0 Å². The maximum Gasteiger partial charge on any atom is 0.255 e. The minimum absolute atomic E-state index is 0.0593. The van der Waals surface area contributed by atoms with Crippen LogP contribution in [0.5, 0.6) is 17.2 Å². The molecule has 0 spiro atoms. The van der Waals surface area contributed by atoms with E-state index >= 15 is 0 Å². The number of phenols is 1. The Hall–Kier alpha value is -3.58. The van der Waals surface area contributed by atoms with Crippen LogP contribution < -0.4 is 14.8 Å². The van der Waals surface area contributed by atoms with Gasteiger partial charge in [0.05, 0.1) is 15.8 Å². The van der Waals surface area contributed by atoms with Crippen molar-refractivity contribution in [2.75, 3.05) is 18.5 Å². The number of amides is 1. The molecule has 0 radical (unpaired) electrons. The third-order valence-corrected chi connectivity index (χ3v) is 5.65. The highest BCUT2D eigenvalue weighted by Crippen LogP contribution is 2.37. The van der Waals surface area contributed by atoms with Gasteiger partial charge in [-0.05, 0) is 42.5 Å². The highest BCUT2D eigenvalue weighted by atomic mass is 32.1. The van der Waals surface area contributed by atoms with E-state index < -0.39 is 0 Å². The average molecular weight is 404 g/mol. The number of nitrogens with zero attached hydrogens (tertiary/aromatic N) is 1. The number of hydrogen-bond acceptors (Lipinski definition) is 6. The number of rotatable bonds is 3. The predicted octanol–water partition coefficient (Wildman–Crippen LogP) is 4.69. The summed E-state index contributed by atoms with van der Waals surface area (Å²) in [5.74, 6) is 0.946. The number of ether oxygens (including phenoxy) is 2. The summed E-state index contributed by atoms with van der Waals surface area (Å²) in [7, 11) is 0. The number of aromatic hydroxyl groups is 1. The van der Waals surface area contributed by atoms with E-state index in [1.807, 2.05) is 24.3 Å². The van der Waals surface area contributed by atoms with Gasteiger partial charge >= 0.3 is 0 Å². The molecule has 144 valence electrons. The first-order valence-electron chi connectivity index (χ1n) is 9.07. The summed E-state index contributed by atoms with van der Waals surface area (Å²) in [5, 5.41) is 14.0. The lowest BCUT2D eigenvalue weighted by Gasteiger charge is -2.18. The topological polar surface area (TPSA) is 80.7 Å². The number of carbonyl (C=O) groups excluding carboxylic acids is 1. The molecule has 0 saturated carbocycles. The Balaban J connectivity index is 1.38. The molecular weight excluding hydrogens is 388 g/mol. The molecule has 3 aromatic carbocycles. The fourth-order valence-electron chi connectivity index (χ4n) is 3.17. The van der Waals surface area contributed by atoms with Crippen molar-refractivity contribution in [3.05, 3.63) is 66.2 Å². The maximum atomic E-state index is 12.6. The molecule has 2 N–H and O–H groups in total. The van der Waals surface area contributed by atoms with E-state index in [0.717, 1.165) is 15.2 Å². The molecule has 0 bridgehead atoms. The van der Waals surface area contributed by atoms with Crippen LogP contribution in [0.4, 0.5) is 5.69 Å². The third kappa shape index (κ3) is 3.36. The van der Waals surface area contributed by atoms with Gasteiger partial charge in [0.25, 0.3) is 5.91 Å². The van der Waals surface area contributed by atoms with Crippen LogP contribution in [0.15, 0.2) is 60.7 Å². The molecule has 6 nitrogen and oxygen atoms in total. The van der Waals surface area contributed by atoms with Gasteiger partial charge in [0.1, 0.15) is 24.0 Å². The average Bonchev–Trinajstić information content (AvgIpc) is 3.17. The number of carbonyl (C=O) groups is 1. The van der Waals surface area contributed by atoms with Crippen molar-refractivity contribution < 1.29 is 19.4 Å². The summed E-state index contributed by atoms with van der Waals surface area (Å²) in [5.41, 5.74) is 2.46. The molecule has 1 amide bonds. The molecule has 1 aliphatic heterocycles. The van der Waals surface area contributed by atoms with E-state index in [9.17, 15) is 9.90 Å². The molecular formula is C22H16N2O4S. The molecule has 0 unspecified atom stereocenters. The van der Waals surface area contributed by atoms with Crippen molar-refractivity contribution in [3.8, 4) is 27.8 Å². The molecule has 1 aromatic heterocycles. The van der Waals surface area contributed by atoms with Gasteiger partial charge in [-0.3, -0.25) is 4.79 Å². The summed E-state index contributed by atoms with van der Waals surface area (Å²) >= 11 is 1.51. The van der Waals surface area contributed by atoms with Gasteiger partial charge in [-0.25, -0.2) is 4.98 Å². The van der Waals surface area contributed by atoms with E-state index in [1.54, 1.807) is 30.3 Å². The second-order valence-corrected chi connectivity index (χ2v) is 7.56. The molecule has 7 heteroatoms. The van der Waals surface area contributed by atoms with Crippen molar-refractivity contribution in [2.24, 2.45) is 0 Å². The number of hydrogen-bond donors (Lipinski definition) is 2. The lowest BCUT2D eigenvalue weighted by atomic mass is 10.1. The standard InChI is InChI=1S/C22H16N2O4S/c25-17-12-14(6-7-15(17)22-24-16-3-1-2-4-20(16)29-22)23-21(26)13-5-8-18-19(11-13)28-10-9-27-18/h1-8,11-12,25H,9-10H2,(H,23,26). The quantitative estimate of drug-likeness (QED) is 0.518. The van der Waals surface area contributed by atoms with Gasteiger partial charge in [0.15, 0.2) is 11.5 Å². The summed E-state index contributed by atoms with van der Waals surface area (Å²) < 4.78 is 12.1. The van der Waals surface area contributed by atoms with Crippen molar-refractivity contribution in [1.29, 1.82) is 0 Å². The van der Waals surface area contributed by atoms with Crippen LogP contribution in [-0.2, 0) is 0 Å². The number of fused-ring (bicyclic) bond motifs is 2. The second kappa shape index (κ2) is 7.10. The van der Waals surface area contributed by atoms with Gasteiger partial charge in [0, 0.05) is 17.3 Å². The van der Waals surface area contributed by atoms with E-state index in [2.05, 4.69) is 10.3 Å². The van der Waals surface area contributed by atoms with Crippen LogP contribution in [-0.4, -0.2) is 29.2 Å². The Morgan fingerprint density at radius 2 is 1.83 bits per heavy atom. The molecule has 0 atom stereocenters. The Labute approximate surface area is 170 Å². The minimum Gasteiger partial charge on any atom is -0.507 e. The zero-order valence-electron chi connectivity index (χ0n) is 15.2. The first-order chi connectivity index (χ1) is 14.2. The Bertz CT molecular complexity index is 1200. The number of anilines is 1. The lowest BCUT2D eigenvalue weighted by molar-refractivity contribution is 0.102. The van der Waals surface area contributed by atoms with E-state index in [1.165, 1.54) is 17.4 Å². The monoisotopic (exact) mass is 404 g/mol. The van der Waals surface area contributed by atoms with Gasteiger partial charge in [0.2, 0.25) is 0 Å². The van der Waals surface area contributed by atoms with Crippen molar-refractivity contribution >= 4 is 33.1 Å². The van der Waals surface area contributed by atoms with E-state index in [-0.39, 0.29) is 11.7 Å². The molecule has 2 heterocycles. The van der Waals surface area contributed by atoms with Crippen LogP contribution in [0.1, 0.15) is 10.4 Å². The Kier molecular flexibility index (Phi) is 4.29. The highest BCUT2D eigenvalue weighted by molar-refractivity contribution is 7.21. The third-order valence-electron chi connectivity index (χ3n) is 4.58. The smallest absolute Gasteiger partial charge is 0.255 e. The molecule has 29 heavy (non-hydrogen) atoms. The van der Waals surface area contributed by atoms with Gasteiger partial charge in [-0.2, -0.15) is 0 Å². The summed E-state index contributed by atoms with van der Waals surface area (Å²) in [6.45, 7) is 0.956. The summed E-state index contributed by atoms with van der Waals surface area (Å²) in [6.07, 6.45) is 0.